The van der Waals surface area contributed by atoms with Gasteiger partial charge in [0.1, 0.15) is 0 Å². The average molecular weight is 725 g/mol. The van der Waals surface area contributed by atoms with Gasteiger partial charge in [0.2, 0.25) is 11.5 Å². The van der Waals surface area contributed by atoms with E-state index in [1.165, 1.54) is 27.0 Å². The highest BCUT2D eigenvalue weighted by molar-refractivity contribution is 5.66. The Morgan fingerprint density at radius 2 is 1.11 bits per heavy atom. The molecule has 0 fully saturated rings. The van der Waals surface area contributed by atoms with E-state index in [9.17, 15) is 0 Å². The molecule has 0 unspecified atom stereocenters. The summed E-state index contributed by atoms with van der Waals surface area (Å²) in [6.45, 7) is 0. The molecule has 1 aromatic heterocycles. The average Bonchev–Trinajstić information content (AvgIpc) is 3.67. The molecule has 0 N–H and O–H groups in total. The van der Waals surface area contributed by atoms with Crippen LogP contribution in [-0.2, 0) is 0 Å². The fourth-order valence-electron chi connectivity index (χ4n) is 4.77. The van der Waals surface area contributed by atoms with Gasteiger partial charge in [-0.15, -0.1) is 11.5 Å². The number of aromatic nitrogens is 3. The molecule has 0 bridgehead atoms. The largest absolute Gasteiger partial charge is 0.493 e. The minimum atomic E-state index is 0. The number of ether oxygens (including phenoxy) is 6. The Morgan fingerprint density at radius 3 is 1.49 bits per heavy atom. The zero-order chi connectivity index (χ0) is 38.2. The van der Waals surface area contributed by atoms with Crippen LogP contribution < -0.4 is 38.2 Å². The number of nitrogens with zero attached hydrogens (tertiary/aromatic N) is 8. The van der Waals surface area contributed by atoms with Crippen molar-refractivity contribution in [2.45, 2.75) is 7.43 Å². The van der Waals surface area contributed by atoms with E-state index in [-0.39, 0.29) is 7.43 Å². The molecule has 14 heteroatoms. The smallest absolute Gasteiger partial charge is 0.203 e. The maximum Gasteiger partial charge on any atom is 0.203 e. The maximum atomic E-state index is 8.32. The lowest BCUT2D eigenvalue weighted by molar-refractivity contribution is 0.324. The summed E-state index contributed by atoms with van der Waals surface area (Å²) in [5.41, 5.74) is 14.6. The second-order valence-corrected chi connectivity index (χ2v) is 11.0. The van der Waals surface area contributed by atoms with Crippen molar-refractivity contribution in [3.05, 3.63) is 95.0 Å². The van der Waals surface area contributed by atoms with Crippen LogP contribution in [0.15, 0.2) is 84.1 Å². The lowest BCUT2D eigenvalue weighted by atomic mass is 10.1. The molecular formula is C39H48N8O6. The number of rotatable bonds is 11. The van der Waals surface area contributed by atoms with Gasteiger partial charge in [-0.05, 0) is 54.1 Å². The monoisotopic (exact) mass is 724 g/mol. The molecule has 0 aliphatic rings. The Balaban J connectivity index is 0.000000305. The van der Waals surface area contributed by atoms with Crippen LogP contribution in [0.1, 0.15) is 13.0 Å². The predicted molar refractivity (Wildman–Crippen MR) is 211 cm³/mol. The molecule has 0 saturated heterocycles. The molecule has 14 nitrogen and oxygen atoms in total. The summed E-state index contributed by atoms with van der Waals surface area (Å²) >= 11 is 0. The number of benzene rings is 4. The van der Waals surface area contributed by atoms with Gasteiger partial charge in [-0.2, -0.15) is 0 Å². The van der Waals surface area contributed by atoms with Crippen molar-refractivity contribution >= 4 is 17.1 Å². The molecule has 0 spiro atoms. The first-order valence-electron chi connectivity index (χ1n) is 15.7. The Hall–Kier alpha value is -6.71. The summed E-state index contributed by atoms with van der Waals surface area (Å²) in [7, 11) is 17.3. The zero-order valence-electron chi connectivity index (χ0n) is 31.1. The zero-order valence-corrected chi connectivity index (χ0v) is 31.1. The van der Waals surface area contributed by atoms with E-state index in [2.05, 4.69) is 43.3 Å². The number of methoxy groups -OCH3 is 6. The number of hydrogen-bond donors (Lipinski definition) is 0. The fourth-order valence-corrected chi connectivity index (χ4v) is 4.77. The third-order valence-electron chi connectivity index (χ3n) is 7.48. The van der Waals surface area contributed by atoms with Crippen molar-refractivity contribution in [3.63, 3.8) is 0 Å². The minimum Gasteiger partial charge on any atom is -0.493 e. The number of hydrogen-bond acceptors (Lipinski definition) is 11. The van der Waals surface area contributed by atoms with Crippen molar-refractivity contribution in [1.82, 2.24) is 15.0 Å². The van der Waals surface area contributed by atoms with E-state index < -0.39 is 0 Å². The number of anilines is 2. The molecule has 0 atom stereocenters. The molecule has 0 saturated carbocycles. The fraction of sp³-hybridized carbons (Fsp3) is 0.282. The highest BCUT2D eigenvalue weighted by Crippen LogP contribution is 2.41. The summed E-state index contributed by atoms with van der Waals surface area (Å²) < 4.78 is 33.3. The van der Waals surface area contributed by atoms with E-state index in [1.54, 1.807) is 44.3 Å². The van der Waals surface area contributed by atoms with Gasteiger partial charge in [0.05, 0.1) is 60.2 Å². The summed E-state index contributed by atoms with van der Waals surface area (Å²) in [6.07, 6.45) is 6.94. The van der Waals surface area contributed by atoms with Crippen molar-refractivity contribution in [1.29, 1.82) is 0 Å². The second-order valence-electron chi connectivity index (χ2n) is 11.0. The van der Waals surface area contributed by atoms with Gasteiger partial charge < -0.3 is 38.2 Å². The summed E-state index contributed by atoms with van der Waals surface area (Å²) in [5.74, 6) is 5.62. The molecular weight excluding hydrogens is 676 g/mol. The molecule has 1 heterocycles. The van der Waals surface area contributed by atoms with Crippen LogP contribution in [-0.4, -0.2) is 85.8 Å². The van der Waals surface area contributed by atoms with Gasteiger partial charge in [0, 0.05) is 73.4 Å². The van der Waals surface area contributed by atoms with Crippen LogP contribution in [0.3, 0.4) is 0 Å². The summed E-state index contributed by atoms with van der Waals surface area (Å²) in [4.78, 5) is 6.78. The Bertz CT molecular complexity index is 1930. The molecule has 280 valence electrons. The predicted octanol–water partition coefficient (Wildman–Crippen LogP) is 8.05. The second kappa shape index (κ2) is 20.8. The van der Waals surface area contributed by atoms with Gasteiger partial charge in [0.25, 0.3) is 0 Å². The molecule has 4 aromatic carbocycles. The van der Waals surface area contributed by atoms with Crippen molar-refractivity contribution in [3.8, 4) is 63.8 Å². The summed E-state index contributed by atoms with van der Waals surface area (Å²) in [5, 5.41) is 11.8. The third-order valence-corrected chi connectivity index (χ3v) is 7.48. The molecule has 5 rings (SSSR count). The highest BCUT2D eigenvalue weighted by Gasteiger charge is 2.17. The molecule has 5 aromatic rings. The van der Waals surface area contributed by atoms with Gasteiger partial charge in [-0.3, -0.25) is 0 Å². The Kier molecular flexibility index (Phi) is 16.7. The molecule has 0 aliphatic carbocycles. The van der Waals surface area contributed by atoms with Crippen LogP contribution in [0.4, 0.5) is 17.1 Å². The van der Waals surface area contributed by atoms with E-state index >= 15 is 0 Å². The van der Waals surface area contributed by atoms with Gasteiger partial charge in [0.15, 0.2) is 23.0 Å². The first-order chi connectivity index (χ1) is 25.1. The minimum absolute atomic E-state index is 0. The van der Waals surface area contributed by atoms with E-state index in [1.807, 2.05) is 81.6 Å². The number of azide groups is 1. The van der Waals surface area contributed by atoms with E-state index in [4.69, 9.17) is 40.4 Å². The van der Waals surface area contributed by atoms with Gasteiger partial charge in [-0.1, -0.05) is 35.8 Å². The first-order valence-corrected chi connectivity index (χ1v) is 15.7. The summed E-state index contributed by atoms with van der Waals surface area (Å²) in [6, 6.07) is 22.9. The van der Waals surface area contributed by atoms with Crippen LogP contribution >= 0.6 is 0 Å². The van der Waals surface area contributed by atoms with Crippen molar-refractivity contribution < 1.29 is 28.4 Å². The molecule has 53 heavy (non-hydrogen) atoms. The first kappa shape index (κ1) is 42.5. The SMILES string of the molecule is C.C#Cc1ccc(N(C)C)cc1.COc1cc(-n2nncc2-c2ccc(N(C)C)cc2)cc(OC)c1OC.COc1cc(N=[N+]=[N-])cc(OC)c1OC. The highest BCUT2D eigenvalue weighted by atomic mass is 16.5. The Labute approximate surface area is 312 Å². The van der Waals surface area contributed by atoms with Crippen LogP contribution in [0.5, 0.6) is 34.5 Å². The van der Waals surface area contributed by atoms with Gasteiger partial charge in [-0.25, -0.2) is 4.68 Å². The van der Waals surface area contributed by atoms with Gasteiger partial charge >= 0.3 is 0 Å². The van der Waals surface area contributed by atoms with Crippen molar-refractivity contribution in [2.24, 2.45) is 5.11 Å². The van der Waals surface area contributed by atoms with Crippen LogP contribution in [0.25, 0.3) is 27.4 Å². The third kappa shape index (κ3) is 10.9. The van der Waals surface area contributed by atoms with Crippen LogP contribution in [0.2, 0.25) is 0 Å². The standard InChI is InChI=1S/C19H22N4O3.C10H11N.C9H11N3O3.CH4/c1-22(2)14-8-6-13(7-9-14)16-12-20-21-23(16)15-10-17(24-3)19(26-5)18(11-15)25-4;1-4-9-5-7-10(8-6-9)11(2)3;1-13-7-4-6(11-12-10)5-8(14-2)9(7)15-3;/h6-12H,1-5H3;1,5-8H,2-3H3;4-5H,1-3H3;1H4. The number of terminal acetylenes is 1. The molecule has 0 amide bonds. The maximum absolute atomic E-state index is 8.32. The normalized spacial score (nSPS) is 9.53. The lowest BCUT2D eigenvalue weighted by Gasteiger charge is -2.15. The van der Waals surface area contributed by atoms with Crippen molar-refractivity contribution in [2.75, 3.05) is 80.6 Å². The lowest BCUT2D eigenvalue weighted by Crippen LogP contribution is -2.08. The molecule has 0 radical (unpaired) electrons. The Morgan fingerprint density at radius 1 is 0.679 bits per heavy atom. The van der Waals surface area contributed by atoms with E-state index in [0.717, 1.165) is 28.2 Å². The van der Waals surface area contributed by atoms with E-state index in [0.29, 0.717) is 40.2 Å². The molecule has 0 aliphatic heterocycles. The quantitative estimate of drug-likeness (QED) is 0.0569. The van der Waals surface area contributed by atoms with Crippen LogP contribution in [0, 0.1) is 12.3 Å². The topological polar surface area (TPSA) is 141 Å².